The number of nitrogens with zero attached hydrogens (tertiary/aromatic N) is 1. The zero-order chi connectivity index (χ0) is 18.6. The number of urea groups is 1. The van der Waals surface area contributed by atoms with Crippen LogP contribution >= 0.6 is 11.8 Å². The molecule has 0 saturated carbocycles. The number of imide groups is 1. The van der Waals surface area contributed by atoms with Gasteiger partial charge in [-0.1, -0.05) is 13.8 Å². The van der Waals surface area contributed by atoms with Crippen molar-refractivity contribution in [3.05, 3.63) is 0 Å². The Balaban J connectivity index is 1.74. The van der Waals surface area contributed by atoms with Crippen LogP contribution in [0.25, 0.3) is 0 Å². The molecule has 2 atom stereocenters. The SMILES string of the molecule is CC(C)CCNC(=O)NC(=O)COC(=O)[C@@H]1CS[C@@]2(C)CCC(=O)N12. The molecule has 0 aliphatic carbocycles. The van der Waals surface area contributed by atoms with Gasteiger partial charge in [0.05, 0.1) is 4.87 Å². The molecule has 25 heavy (non-hydrogen) atoms. The summed E-state index contributed by atoms with van der Waals surface area (Å²) in [5, 5.41) is 4.67. The van der Waals surface area contributed by atoms with E-state index in [1.165, 1.54) is 0 Å². The van der Waals surface area contributed by atoms with E-state index in [4.69, 9.17) is 4.74 Å². The number of fused-ring (bicyclic) bond motifs is 1. The molecule has 2 heterocycles. The maximum absolute atomic E-state index is 12.2. The highest BCUT2D eigenvalue weighted by Gasteiger charge is 2.53. The Bertz CT molecular complexity index is 568. The van der Waals surface area contributed by atoms with Crippen LogP contribution in [0.5, 0.6) is 0 Å². The molecular weight excluding hydrogens is 346 g/mol. The van der Waals surface area contributed by atoms with Crippen LogP contribution in [0, 0.1) is 5.92 Å². The summed E-state index contributed by atoms with van der Waals surface area (Å²) in [6.45, 7) is 5.91. The Morgan fingerprint density at radius 3 is 2.80 bits per heavy atom. The van der Waals surface area contributed by atoms with Crippen LogP contribution < -0.4 is 10.6 Å². The van der Waals surface area contributed by atoms with Crippen LogP contribution in [0.2, 0.25) is 0 Å². The van der Waals surface area contributed by atoms with Gasteiger partial charge in [-0.05, 0) is 25.7 Å². The van der Waals surface area contributed by atoms with Gasteiger partial charge in [0, 0.05) is 18.7 Å². The van der Waals surface area contributed by atoms with Crippen LogP contribution in [-0.2, 0) is 19.1 Å². The van der Waals surface area contributed by atoms with Gasteiger partial charge in [-0.3, -0.25) is 14.9 Å². The molecule has 2 rings (SSSR count). The van der Waals surface area contributed by atoms with Crippen LogP contribution in [0.3, 0.4) is 0 Å². The van der Waals surface area contributed by atoms with Gasteiger partial charge in [0.2, 0.25) is 5.91 Å². The molecule has 0 aromatic carbocycles. The fraction of sp³-hybridized carbons (Fsp3) is 0.750. The summed E-state index contributed by atoms with van der Waals surface area (Å²) in [4.78, 5) is 48.6. The number of hydrogen-bond donors (Lipinski definition) is 2. The molecule has 0 radical (unpaired) electrons. The minimum absolute atomic E-state index is 0.0663. The van der Waals surface area contributed by atoms with Crippen molar-refractivity contribution in [1.82, 2.24) is 15.5 Å². The molecule has 140 valence electrons. The lowest BCUT2D eigenvalue weighted by molar-refractivity contribution is -0.156. The first kappa shape index (κ1) is 19.6. The second-order valence-corrected chi connectivity index (χ2v) is 8.36. The molecule has 2 aliphatic rings. The van der Waals surface area contributed by atoms with Crippen LogP contribution in [0.1, 0.15) is 40.0 Å². The third-order valence-electron chi connectivity index (χ3n) is 4.32. The third-order valence-corrected chi connectivity index (χ3v) is 5.83. The highest BCUT2D eigenvalue weighted by Crippen LogP contribution is 2.47. The lowest BCUT2D eigenvalue weighted by atomic mass is 10.1. The lowest BCUT2D eigenvalue weighted by Gasteiger charge is -2.29. The van der Waals surface area contributed by atoms with Crippen molar-refractivity contribution in [3.63, 3.8) is 0 Å². The Kier molecular flexibility index (Phi) is 6.31. The maximum Gasteiger partial charge on any atom is 0.330 e. The molecule has 2 saturated heterocycles. The molecule has 8 nitrogen and oxygen atoms in total. The molecular formula is C16H25N3O5S. The second-order valence-electron chi connectivity index (χ2n) is 6.86. The van der Waals surface area contributed by atoms with Gasteiger partial charge in [-0.25, -0.2) is 9.59 Å². The molecule has 2 aliphatic heterocycles. The topological polar surface area (TPSA) is 105 Å². The number of rotatable bonds is 6. The number of carbonyl (C=O) groups is 4. The van der Waals surface area contributed by atoms with Crippen LogP contribution in [0.4, 0.5) is 4.79 Å². The summed E-state index contributed by atoms with van der Waals surface area (Å²) in [7, 11) is 0. The highest BCUT2D eigenvalue weighted by atomic mass is 32.2. The molecule has 2 N–H and O–H groups in total. The molecule has 0 unspecified atom stereocenters. The molecule has 4 amide bonds. The Morgan fingerprint density at radius 1 is 1.40 bits per heavy atom. The quantitative estimate of drug-likeness (QED) is 0.671. The van der Waals surface area contributed by atoms with Gasteiger partial charge in [0.1, 0.15) is 6.04 Å². The number of nitrogens with one attached hydrogen (secondary N) is 2. The highest BCUT2D eigenvalue weighted by molar-refractivity contribution is 8.01. The second kappa shape index (κ2) is 8.07. The van der Waals surface area contributed by atoms with Crippen molar-refractivity contribution in [1.29, 1.82) is 0 Å². The van der Waals surface area contributed by atoms with Gasteiger partial charge < -0.3 is 15.0 Å². The summed E-state index contributed by atoms with van der Waals surface area (Å²) in [6, 6.07) is -1.28. The van der Waals surface area contributed by atoms with E-state index in [0.717, 1.165) is 6.42 Å². The van der Waals surface area contributed by atoms with E-state index in [1.807, 2.05) is 20.8 Å². The predicted molar refractivity (Wildman–Crippen MR) is 92.7 cm³/mol. The first-order chi connectivity index (χ1) is 11.7. The maximum atomic E-state index is 12.2. The van der Waals surface area contributed by atoms with Gasteiger partial charge >= 0.3 is 12.0 Å². The van der Waals surface area contributed by atoms with Crippen LogP contribution in [-0.4, -0.2) is 58.5 Å². The molecule has 0 spiro atoms. The van der Waals surface area contributed by atoms with Gasteiger partial charge in [0.15, 0.2) is 6.61 Å². The van der Waals surface area contributed by atoms with Crippen molar-refractivity contribution >= 4 is 35.6 Å². The van der Waals surface area contributed by atoms with Crippen LogP contribution in [0.15, 0.2) is 0 Å². The van der Waals surface area contributed by atoms with E-state index in [0.29, 0.717) is 31.1 Å². The van der Waals surface area contributed by atoms with E-state index < -0.39 is 30.6 Å². The minimum Gasteiger partial charge on any atom is -0.454 e. The normalized spacial score (nSPS) is 25.0. The first-order valence-electron chi connectivity index (χ1n) is 8.43. The lowest BCUT2D eigenvalue weighted by Crippen LogP contribution is -2.47. The summed E-state index contributed by atoms with van der Waals surface area (Å²) in [5.41, 5.74) is 0. The van der Waals surface area contributed by atoms with E-state index in [1.54, 1.807) is 16.7 Å². The predicted octanol–water partition coefficient (Wildman–Crippen LogP) is 0.856. The average Bonchev–Trinajstić information content (AvgIpc) is 3.01. The number of thioether (sulfide) groups is 1. The first-order valence-corrected chi connectivity index (χ1v) is 9.42. The monoisotopic (exact) mass is 371 g/mol. The number of carbonyl (C=O) groups excluding carboxylic acids is 4. The van der Waals surface area contributed by atoms with E-state index in [-0.39, 0.29) is 10.8 Å². The fourth-order valence-corrected chi connectivity index (χ4v) is 4.33. The van der Waals surface area contributed by atoms with Crippen molar-refractivity contribution in [2.75, 3.05) is 18.9 Å². The van der Waals surface area contributed by atoms with Gasteiger partial charge in [-0.2, -0.15) is 0 Å². The zero-order valence-corrected chi connectivity index (χ0v) is 15.6. The molecule has 0 bridgehead atoms. The van der Waals surface area contributed by atoms with Crippen molar-refractivity contribution in [3.8, 4) is 0 Å². The van der Waals surface area contributed by atoms with Gasteiger partial charge in [-0.15, -0.1) is 11.8 Å². The standard InChI is InChI=1S/C16H25N3O5S/c1-10(2)5-7-17-15(23)18-12(20)8-24-14(22)11-9-25-16(3)6-4-13(21)19(11)16/h10-11H,4-9H2,1-3H3,(H2,17,18,20,23)/t11-,16-/m0/s1. The molecule has 0 aromatic rings. The van der Waals surface area contributed by atoms with E-state index >= 15 is 0 Å². The smallest absolute Gasteiger partial charge is 0.330 e. The number of esters is 1. The average molecular weight is 371 g/mol. The number of hydrogen-bond acceptors (Lipinski definition) is 6. The summed E-state index contributed by atoms with van der Waals surface area (Å²) < 4.78 is 4.99. The van der Waals surface area contributed by atoms with E-state index in [9.17, 15) is 19.2 Å². The summed E-state index contributed by atoms with van der Waals surface area (Å²) in [5.74, 6) is -0.472. The minimum atomic E-state index is -0.698. The Labute approximate surface area is 151 Å². The van der Waals surface area contributed by atoms with Crippen molar-refractivity contribution in [2.24, 2.45) is 5.92 Å². The molecule has 0 aromatic heterocycles. The van der Waals surface area contributed by atoms with Gasteiger partial charge in [0.25, 0.3) is 5.91 Å². The third kappa shape index (κ3) is 4.87. The molecule has 2 fully saturated rings. The number of ether oxygens (including phenoxy) is 1. The molecule has 9 heteroatoms. The summed E-state index contributed by atoms with van der Waals surface area (Å²) in [6.07, 6.45) is 1.93. The largest absolute Gasteiger partial charge is 0.454 e. The van der Waals surface area contributed by atoms with Crippen molar-refractivity contribution < 1.29 is 23.9 Å². The van der Waals surface area contributed by atoms with E-state index in [2.05, 4.69) is 10.6 Å². The van der Waals surface area contributed by atoms with Crippen molar-refractivity contribution in [2.45, 2.75) is 50.9 Å². The summed E-state index contributed by atoms with van der Waals surface area (Å²) >= 11 is 1.55. The fourth-order valence-electron chi connectivity index (χ4n) is 2.91. The number of amides is 4. The Hall–Kier alpha value is -1.77. The Morgan fingerprint density at radius 2 is 2.12 bits per heavy atom. The zero-order valence-electron chi connectivity index (χ0n) is 14.8.